The molecule has 1 aromatic carbocycles. The minimum atomic E-state index is -4.98. The van der Waals surface area contributed by atoms with E-state index in [1.165, 1.54) is 53.6 Å². The summed E-state index contributed by atoms with van der Waals surface area (Å²) in [5.74, 6) is -5.64. The number of alkyl halides is 5. The van der Waals surface area contributed by atoms with Crippen molar-refractivity contribution in [1.29, 1.82) is 0 Å². The molecule has 2 N–H and O–H groups in total. The summed E-state index contributed by atoms with van der Waals surface area (Å²) in [7, 11) is 0. The van der Waals surface area contributed by atoms with Crippen LogP contribution in [0.4, 0.5) is 27.8 Å². The van der Waals surface area contributed by atoms with Crippen LogP contribution in [-0.4, -0.2) is 63.3 Å². The van der Waals surface area contributed by atoms with E-state index in [1.807, 2.05) is 0 Å². The molecular formula is C23H18ClF5N8O3. The van der Waals surface area contributed by atoms with Crippen LogP contribution in [0.5, 0.6) is 0 Å². The zero-order chi connectivity index (χ0) is 28.8. The van der Waals surface area contributed by atoms with E-state index >= 15 is 0 Å². The highest BCUT2D eigenvalue weighted by atomic mass is 35.5. The van der Waals surface area contributed by atoms with Gasteiger partial charge in [-0.25, -0.2) is 32.9 Å². The molecule has 210 valence electrons. The van der Waals surface area contributed by atoms with Gasteiger partial charge in [0.15, 0.2) is 23.6 Å². The highest BCUT2D eigenvalue weighted by Crippen LogP contribution is 2.49. The first-order chi connectivity index (χ1) is 18.8. The third-order valence-electron chi connectivity index (χ3n) is 6.01. The predicted molar refractivity (Wildman–Crippen MR) is 129 cm³/mol. The number of halogens is 6. The predicted octanol–water partition coefficient (Wildman–Crippen LogP) is 2.91. The van der Waals surface area contributed by atoms with Gasteiger partial charge in [-0.2, -0.15) is 13.2 Å². The maximum atomic E-state index is 13.3. The van der Waals surface area contributed by atoms with E-state index in [0.717, 1.165) is 4.68 Å². The van der Waals surface area contributed by atoms with Crippen molar-refractivity contribution < 1.29 is 31.9 Å². The molecule has 5 rings (SSSR count). The molecule has 1 fully saturated rings. The highest BCUT2D eigenvalue weighted by molar-refractivity contribution is 6.30. The van der Waals surface area contributed by atoms with Crippen LogP contribution in [0, 0.1) is 5.92 Å². The Bertz CT molecular complexity index is 1620. The van der Waals surface area contributed by atoms with Crippen molar-refractivity contribution in [2.75, 3.05) is 5.32 Å². The molecule has 4 aromatic rings. The number of carbonyl (C=O) groups is 1. The number of hydrogen-bond donors (Lipinski definition) is 2. The van der Waals surface area contributed by atoms with Gasteiger partial charge in [0.1, 0.15) is 24.5 Å². The molecule has 17 heteroatoms. The van der Waals surface area contributed by atoms with Crippen molar-refractivity contribution in [3.63, 3.8) is 0 Å². The molecule has 1 amide bonds. The molecule has 11 nitrogen and oxygen atoms in total. The number of pyridine rings is 1. The lowest BCUT2D eigenvalue weighted by atomic mass is 10.2. The molecule has 0 spiro atoms. The number of amides is 1. The molecule has 1 aliphatic carbocycles. The molecule has 1 saturated carbocycles. The normalized spacial score (nSPS) is 17.0. The second-order valence-corrected chi connectivity index (χ2v) is 9.36. The Morgan fingerprint density at radius 1 is 1.18 bits per heavy atom. The van der Waals surface area contributed by atoms with Crippen molar-refractivity contribution in [3.8, 4) is 17.1 Å². The van der Waals surface area contributed by atoms with Gasteiger partial charge in [-0.05, 0) is 36.4 Å². The van der Waals surface area contributed by atoms with E-state index in [9.17, 15) is 36.6 Å². The van der Waals surface area contributed by atoms with Gasteiger partial charge < -0.3 is 10.4 Å². The van der Waals surface area contributed by atoms with Crippen molar-refractivity contribution in [2.24, 2.45) is 5.92 Å². The summed E-state index contributed by atoms with van der Waals surface area (Å²) in [6.07, 6.45) is -5.83. The van der Waals surface area contributed by atoms with Crippen molar-refractivity contribution >= 4 is 23.3 Å². The van der Waals surface area contributed by atoms with Gasteiger partial charge in [0.25, 0.3) is 5.92 Å². The first-order valence-electron chi connectivity index (χ1n) is 11.6. The molecule has 0 aliphatic heterocycles. The third-order valence-corrected chi connectivity index (χ3v) is 6.26. The average Bonchev–Trinajstić information content (AvgIpc) is 3.18. The highest BCUT2D eigenvalue weighted by Gasteiger charge is 2.61. The maximum Gasteiger partial charge on any atom is 0.416 e. The Morgan fingerprint density at radius 2 is 1.88 bits per heavy atom. The largest absolute Gasteiger partial charge is 0.416 e. The Hall–Kier alpha value is -4.18. The molecular weight excluding hydrogens is 567 g/mol. The van der Waals surface area contributed by atoms with Crippen LogP contribution >= 0.6 is 11.6 Å². The first-order valence-corrected chi connectivity index (χ1v) is 11.9. The lowest BCUT2D eigenvalue weighted by Crippen LogP contribution is -2.37. The fraction of sp³-hybridized carbons (Fsp3) is 0.304. The van der Waals surface area contributed by atoms with Gasteiger partial charge in [0.05, 0.1) is 6.54 Å². The van der Waals surface area contributed by atoms with Gasteiger partial charge in [0, 0.05) is 23.2 Å². The second-order valence-electron chi connectivity index (χ2n) is 8.92. The summed E-state index contributed by atoms with van der Waals surface area (Å²) >= 11 is 5.89. The number of aliphatic hydroxyl groups is 1. The van der Waals surface area contributed by atoms with Gasteiger partial charge >= 0.3 is 11.9 Å². The molecule has 2 atom stereocenters. The zero-order valence-electron chi connectivity index (χ0n) is 20.1. The average molecular weight is 585 g/mol. The summed E-state index contributed by atoms with van der Waals surface area (Å²) in [5, 5.41) is 20.6. The van der Waals surface area contributed by atoms with Gasteiger partial charge in [-0.15, -0.1) is 10.2 Å². The van der Waals surface area contributed by atoms with E-state index in [2.05, 4.69) is 25.5 Å². The standard InChI is InChI=1S/C23H18ClF5N8O3/c24-13-5-3-12(4-6-13)19-34-36(21(40)35(19)9-16(38)23(27,28)29)10-17-31-11-37(33-17)15-2-1-7-30-18(15)32-20(39)14-8-22(14,25)26/h1-7,11,14,16,38H,8-10H2,(H,30,32,39)/t14?,16-/m0/s1. The number of nitrogens with one attached hydrogen (secondary N) is 1. The Kier molecular flexibility index (Phi) is 6.91. The molecule has 0 bridgehead atoms. The van der Waals surface area contributed by atoms with Crippen molar-refractivity contribution in [3.05, 3.63) is 70.3 Å². The smallest absolute Gasteiger partial charge is 0.382 e. The SMILES string of the molecule is O=C(Nc1ncccc1-n1cnc(Cn2nc(-c3ccc(Cl)cc3)n(C[C@H](O)C(F)(F)F)c2=O)n1)C1CC1(F)F. The molecule has 40 heavy (non-hydrogen) atoms. The van der Waals surface area contributed by atoms with E-state index in [4.69, 9.17) is 11.6 Å². The molecule has 0 radical (unpaired) electrons. The molecule has 3 heterocycles. The molecule has 1 unspecified atom stereocenters. The Morgan fingerprint density at radius 3 is 2.52 bits per heavy atom. The number of aromatic nitrogens is 7. The Balaban J connectivity index is 1.43. The number of aliphatic hydroxyl groups excluding tert-OH is 1. The summed E-state index contributed by atoms with van der Waals surface area (Å²) < 4.78 is 68.5. The number of carbonyl (C=O) groups excluding carboxylic acids is 1. The number of nitrogens with zero attached hydrogens (tertiary/aromatic N) is 7. The summed E-state index contributed by atoms with van der Waals surface area (Å²) in [4.78, 5) is 33.3. The van der Waals surface area contributed by atoms with Crippen LogP contribution in [0.2, 0.25) is 5.02 Å². The number of benzene rings is 1. The maximum absolute atomic E-state index is 13.3. The molecule has 3 aromatic heterocycles. The van der Waals surface area contributed by atoms with Crippen LogP contribution in [-0.2, 0) is 17.9 Å². The third kappa shape index (κ3) is 5.58. The van der Waals surface area contributed by atoms with E-state index in [1.54, 1.807) is 0 Å². The first kappa shape index (κ1) is 27.4. The van der Waals surface area contributed by atoms with Crippen molar-refractivity contribution in [1.82, 2.24) is 34.1 Å². The lowest BCUT2D eigenvalue weighted by molar-refractivity contribution is -0.207. The fourth-order valence-corrected chi connectivity index (χ4v) is 3.92. The monoisotopic (exact) mass is 584 g/mol. The number of anilines is 1. The van der Waals surface area contributed by atoms with Crippen LogP contribution in [0.1, 0.15) is 12.2 Å². The van der Waals surface area contributed by atoms with Crippen LogP contribution in [0.3, 0.4) is 0 Å². The van der Waals surface area contributed by atoms with E-state index in [0.29, 0.717) is 9.59 Å². The van der Waals surface area contributed by atoms with Crippen LogP contribution in [0.15, 0.2) is 53.7 Å². The fourth-order valence-electron chi connectivity index (χ4n) is 3.80. The van der Waals surface area contributed by atoms with Gasteiger partial charge in [-0.1, -0.05) is 11.6 Å². The molecule has 1 aliphatic rings. The minimum absolute atomic E-state index is 0.000585. The van der Waals surface area contributed by atoms with Crippen LogP contribution < -0.4 is 11.0 Å². The van der Waals surface area contributed by atoms with Gasteiger partial charge in [0.2, 0.25) is 5.91 Å². The Labute approximate surface area is 225 Å². The van der Waals surface area contributed by atoms with Crippen LogP contribution in [0.25, 0.3) is 17.1 Å². The quantitative estimate of drug-likeness (QED) is 0.304. The van der Waals surface area contributed by atoms with E-state index < -0.39 is 48.7 Å². The number of rotatable bonds is 8. The van der Waals surface area contributed by atoms with Gasteiger partial charge in [-0.3, -0.25) is 9.36 Å². The summed E-state index contributed by atoms with van der Waals surface area (Å²) in [5.41, 5.74) is -0.513. The van der Waals surface area contributed by atoms with E-state index in [-0.39, 0.29) is 35.3 Å². The topological polar surface area (TPSA) is 133 Å². The second kappa shape index (κ2) is 10.1. The number of hydrogen-bond acceptors (Lipinski definition) is 7. The lowest BCUT2D eigenvalue weighted by Gasteiger charge is -2.15. The minimum Gasteiger partial charge on any atom is -0.382 e. The summed E-state index contributed by atoms with van der Waals surface area (Å²) in [6.45, 7) is -1.49. The van der Waals surface area contributed by atoms with Crippen molar-refractivity contribution in [2.45, 2.75) is 37.7 Å². The molecule has 0 saturated heterocycles. The zero-order valence-corrected chi connectivity index (χ0v) is 20.8. The summed E-state index contributed by atoms with van der Waals surface area (Å²) in [6, 6.07) is 8.82.